The van der Waals surface area contributed by atoms with E-state index >= 15 is 0 Å². The summed E-state index contributed by atoms with van der Waals surface area (Å²) in [7, 11) is 0. The first-order chi connectivity index (χ1) is 14.6. The lowest BCUT2D eigenvalue weighted by Crippen LogP contribution is -2.58. The van der Waals surface area contributed by atoms with E-state index in [1.807, 2.05) is 0 Å². The number of nitrogens with two attached hydrogens (primary N) is 2. The number of aliphatic carboxylic acids is 1. The molecule has 0 unspecified atom stereocenters. The average molecular weight is 459 g/mol. The minimum Gasteiger partial charge on any atom is -0.480 e. The summed E-state index contributed by atoms with van der Waals surface area (Å²) >= 11 is 3.93. The second kappa shape index (κ2) is 12.5. The van der Waals surface area contributed by atoms with Gasteiger partial charge in [-0.3, -0.25) is 19.2 Å². The van der Waals surface area contributed by atoms with Gasteiger partial charge in [-0.15, -0.1) is 0 Å². The lowest BCUT2D eigenvalue weighted by atomic mass is 10.1. The van der Waals surface area contributed by atoms with Gasteiger partial charge >= 0.3 is 5.97 Å². The smallest absolute Gasteiger partial charge is 0.326 e. The van der Waals surface area contributed by atoms with Crippen molar-refractivity contribution in [1.29, 1.82) is 0 Å². The van der Waals surface area contributed by atoms with Crippen molar-refractivity contribution in [3.63, 3.8) is 0 Å². The molecule has 0 saturated carbocycles. The Hall–Kier alpha value is -3.17. The van der Waals surface area contributed by atoms with E-state index in [2.05, 4.69) is 38.5 Å². The number of carboxylic acid groups (broad SMARTS) is 1. The van der Waals surface area contributed by atoms with Gasteiger partial charge in [0.2, 0.25) is 23.6 Å². The van der Waals surface area contributed by atoms with E-state index in [-0.39, 0.29) is 12.2 Å². The molecule has 0 radical (unpaired) electrons. The Morgan fingerprint density at radius 3 is 2.13 bits per heavy atom. The highest BCUT2D eigenvalue weighted by atomic mass is 32.1. The molecule has 0 saturated heterocycles. The number of carbonyl (C=O) groups is 5. The maximum atomic E-state index is 12.4. The summed E-state index contributed by atoms with van der Waals surface area (Å²) in [6.07, 6.45) is 2.37. The van der Waals surface area contributed by atoms with E-state index in [0.717, 1.165) is 0 Å². The molecule has 0 aromatic carbocycles. The first-order valence-corrected chi connectivity index (χ1v) is 9.59. The van der Waals surface area contributed by atoms with Gasteiger partial charge in [0.25, 0.3) is 0 Å². The van der Waals surface area contributed by atoms with Crippen LogP contribution in [-0.2, 0) is 30.4 Å². The largest absolute Gasteiger partial charge is 0.480 e. The number of nitrogens with one attached hydrogen (secondary N) is 4. The summed E-state index contributed by atoms with van der Waals surface area (Å²) in [6.45, 7) is -0.799. The maximum Gasteiger partial charge on any atom is 0.326 e. The predicted octanol–water partition coefficient (Wildman–Crippen LogP) is -4.38. The number of rotatable bonds is 13. The highest BCUT2D eigenvalue weighted by Gasteiger charge is 2.30. The van der Waals surface area contributed by atoms with Crippen molar-refractivity contribution in [2.45, 2.75) is 37.0 Å². The second-order valence-electron chi connectivity index (χ2n) is 6.43. The van der Waals surface area contributed by atoms with E-state index in [0.29, 0.717) is 5.69 Å². The molecule has 0 bridgehead atoms. The highest BCUT2D eigenvalue weighted by Crippen LogP contribution is 1.99. The summed E-state index contributed by atoms with van der Waals surface area (Å²) in [5.74, 6) is -5.31. The number of carboxylic acids is 1. The van der Waals surface area contributed by atoms with Gasteiger partial charge in [0.05, 0.1) is 31.1 Å². The van der Waals surface area contributed by atoms with E-state index < -0.39 is 66.8 Å². The molecule has 1 aromatic heterocycles. The minimum atomic E-state index is -1.60. The minimum absolute atomic E-state index is 0.0766. The SMILES string of the molecule is NC(=O)C[C@H](NC(=O)[C@H](CS)NC(=O)[C@H](CO)NC(=O)[C@@H](N)Cc1c[nH]cn1)C(=O)O. The van der Waals surface area contributed by atoms with Crippen molar-refractivity contribution in [3.8, 4) is 0 Å². The number of amides is 4. The van der Waals surface area contributed by atoms with Crippen LogP contribution in [0.5, 0.6) is 0 Å². The molecule has 0 aliphatic rings. The van der Waals surface area contributed by atoms with Crippen molar-refractivity contribution >= 4 is 42.2 Å². The Bertz CT molecular complexity index is 789. The molecular formula is C16H25N7O7S. The van der Waals surface area contributed by atoms with Crippen LogP contribution in [0, 0.1) is 0 Å². The van der Waals surface area contributed by atoms with Crippen molar-refractivity contribution in [1.82, 2.24) is 25.9 Å². The van der Waals surface area contributed by atoms with Gasteiger partial charge in [0, 0.05) is 18.4 Å². The van der Waals surface area contributed by atoms with E-state index in [9.17, 15) is 29.1 Å². The molecule has 1 aromatic rings. The molecule has 15 heteroatoms. The van der Waals surface area contributed by atoms with Crippen LogP contribution < -0.4 is 27.4 Å². The van der Waals surface area contributed by atoms with Crippen molar-refractivity contribution in [2.24, 2.45) is 11.5 Å². The monoisotopic (exact) mass is 459 g/mol. The number of nitrogens with zero attached hydrogens (tertiary/aromatic N) is 1. The number of aliphatic hydroxyl groups is 1. The number of hydrogen-bond acceptors (Lipinski definition) is 9. The fourth-order valence-corrected chi connectivity index (χ4v) is 2.59. The van der Waals surface area contributed by atoms with E-state index in [1.165, 1.54) is 6.33 Å². The summed E-state index contributed by atoms with van der Waals surface area (Å²) in [6, 6.07) is -5.42. The molecule has 31 heavy (non-hydrogen) atoms. The number of H-pyrrole nitrogens is 1. The van der Waals surface area contributed by atoms with Crippen molar-refractivity contribution < 1.29 is 34.2 Å². The molecule has 4 atom stereocenters. The first-order valence-electron chi connectivity index (χ1n) is 8.96. The summed E-state index contributed by atoms with van der Waals surface area (Å²) in [5.41, 5.74) is 11.2. The van der Waals surface area contributed by atoms with Crippen LogP contribution in [0.4, 0.5) is 0 Å². The second-order valence-corrected chi connectivity index (χ2v) is 6.79. The number of aromatic amines is 1. The number of carbonyl (C=O) groups excluding carboxylic acids is 4. The molecular weight excluding hydrogens is 434 g/mol. The third kappa shape index (κ3) is 8.61. The average Bonchev–Trinajstić information content (AvgIpc) is 3.21. The molecule has 0 aliphatic carbocycles. The number of aromatic nitrogens is 2. The van der Waals surface area contributed by atoms with Crippen LogP contribution in [0.3, 0.4) is 0 Å². The number of aliphatic hydroxyl groups excluding tert-OH is 1. The zero-order chi connectivity index (χ0) is 23.6. The Kier molecular flexibility index (Phi) is 10.4. The highest BCUT2D eigenvalue weighted by molar-refractivity contribution is 7.80. The van der Waals surface area contributed by atoms with Crippen LogP contribution in [0.2, 0.25) is 0 Å². The zero-order valence-corrected chi connectivity index (χ0v) is 17.2. The van der Waals surface area contributed by atoms with Crippen LogP contribution >= 0.6 is 12.6 Å². The van der Waals surface area contributed by atoms with Crippen LogP contribution in [0.1, 0.15) is 12.1 Å². The van der Waals surface area contributed by atoms with Gasteiger partial charge in [-0.1, -0.05) is 0 Å². The third-order valence-electron chi connectivity index (χ3n) is 3.97. The number of thiol groups is 1. The van der Waals surface area contributed by atoms with Gasteiger partial charge in [0.15, 0.2) is 0 Å². The lowest BCUT2D eigenvalue weighted by Gasteiger charge is -2.23. The topological polar surface area (TPSA) is 243 Å². The molecule has 0 fully saturated rings. The predicted molar refractivity (Wildman–Crippen MR) is 108 cm³/mol. The quantitative estimate of drug-likeness (QED) is 0.129. The fraction of sp³-hybridized carbons (Fsp3) is 0.500. The fourth-order valence-electron chi connectivity index (χ4n) is 2.33. The maximum absolute atomic E-state index is 12.4. The standard InChI is InChI=1S/C16H25N7O7S/c17-8(1-7-3-19-6-20-7)13(26)22-10(4-24)14(27)23-11(5-31)15(28)21-9(16(29)30)2-12(18)25/h3,6,8-11,24,31H,1-2,4-5,17H2,(H2,18,25)(H,19,20)(H,21,28)(H,22,26)(H,23,27)(H,29,30)/t8-,9-,10-,11-/m0/s1. The van der Waals surface area contributed by atoms with Gasteiger partial charge < -0.3 is 42.6 Å². The first kappa shape index (κ1) is 25.9. The van der Waals surface area contributed by atoms with Crippen molar-refractivity contribution in [3.05, 3.63) is 18.2 Å². The summed E-state index contributed by atoms with van der Waals surface area (Å²) in [5, 5.41) is 25.0. The molecule has 4 amide bonds. The lowest BCUT2D eigenvalue weighted by molar-refractivity contribution is -0.143. The molecule has 1 heterocycles. The Morgan fingerprint density at radius 1 is 1.06 bits per heavy atom. The molecule has 1 rings (SSSR count). The normalized spacial score (nSPS) is 14.5. The van der Waals surface area contributed by atoms with Gasteiger partial charge in [-0.25, -0.2) is 9.78 Å². The number of primary amides is 1. The van der Waals surface area contributed by atoms with Gasteiger partial charge in [-0.2, -0.15) is 12.6 Å². The molecule has 172 valence electrons. The van der Waals surface area contributed by atoms with Crippen LogP contribution in [-0.4, -0.2) is 86.3 Å². The molecule has 0 aliphatic heterocycles. The van der Waals surface area contributed by atoms with Crippen LogP contribution in [0.15, 0.2) is 12.5 Å². The van der Waals surface area contributed by atoms with Gasteiger partial charge in [-0.05, 0) is 0 Å². The van der Waals surface area contributed by atoms with Gasteiger partial charge in [0.1, 0.15) is 18.1 Å². The Morgan fingerprint density at radius 2 is 1.65 bits per heavy atom. The summed E-state index contributed by atoms with van der Waals surface area (Å²) < 4.78 is 0. The van der Waals surface area contributed by atoms with E-state index in [4.69, 9.17) is 16.6 Å². The Balaban J connectivity index is 2.70. The molecule has 10 N–H and O–H groups in total. The Labute approximate surface area is 181 Å². The summed E-state index contributed by atoms with van der Waals surface area (Å²) in [4.78, 5) is 65.5. The van der Waals surface area contributed by atoms with Crippen molar-refractivity contribution in [2.75, 3.05) is 12.4 Å². The third-order valence-corrected chi connectivity index (χ3v) is 4.34. The van der Waals surface area contributed by atoms with E-state index in [1.54, 1.807) is 6.20 Å². The zero-order valence-electron chi connectivity index (χ0n) is 16.3. The number of hydrogen-bond donors (Lipinski definition) is 9. The molecule has 14 nitrogen and oxygen atoms in total. The van der Waals surface area contributed by atoms with Crippen LogP contribution in [0.25, 0.3) is 0 Å². The molecule has 0 spiro atoms. The number of imidazole rings is 1.